The summed E-state index contributed by atoms with van der Waals surface area (Å²) in [6.07, 6.45) is 1.13. The maximum Gasteiger partial charge on any atom is 0.0637 e. The standard InChI is InChI=1S/C14H20Cl2N2/c1-3-14(2)10-18(8-7-17-14)9-11-5-4-6-12(15)13(11)16/h4-6,17H,3,7-10H2,1-2H3. The van der Waals surface area contributed by atoms with E-state index in [9.17, 15) is 0 Å². The molecule has 1 saturated heterocycles. The highest BCUT2D eigenvalue weighted by atomic mass is 35.5. The van der Waals surface area contributed by atoms with Crippen LogP contribution in [0, 0.1) is 0 Å². The Hall–Kier alpha value is -0.280. The van der Waals surface area contributed by atoms with Crippen LogP contribution >= 0.6 is 23.2 Å². The Morgan fingerprint density at radius 2 is 2.17 bits per heavy atom. The zero-order valence-electron chi connectivity index (χ0n) is 11.0. The van der Waals surface area contributed by atoms with Crippen molar-refractivity contribution in [2.45, 2.75) is 32.4 Å². The van der Waals surface area contributed by atoms with Gasteiger partial charge in [-0.1, -0.05) is 42.3 Å². The van der Waals surface area contributed by atoms with Gasteiger partial charge in [0.1, 0.15) is 0 Å². The number of piperazine rings is 1. The first-order valence-electron chi connectivity index (χ1n) is 6.44. The van der Waals surface area contributed by atoms with Crippen LogP contribution in [0.4, 0.5) is 0 Å². The molecular formula is C14H20Cl2N2. The fourth-order valence-corrected chi connectivity index (χ4v) is 2.81. The van der Waals surface area contributed by atoms with Crippen molar-refractivity contribution in [2.24, 2.45) is 0 Å². The Labute approximate surface area is 119 Å². The number of nitrogens with zero attached hydrogens (tertiary/aromatic N) is 1. The predicted molar refractivity (Wildman–Crippen MR) is 78.4 cm³/mol. The van der Waals surface area contributed by atoms with Gasteiger partial charge in [0.25, 0.3) is 0 Å². The molecule has 18 heavy (non-hydrogen) atoms. The molecule has 0 saturated carbocycles. The summed E-state index contributed by atoms with van der Waals surface area (Å²) < 4.78 is 0. The maximum absolute atomic E-state index is 6.24. The molecule has 1 unspecified atom stereocenters. The summed E-state index contributed by atoms with van der Waals surface area (Å²) in [6.45, 7) is 8.51. The minimum absolute atomic E-state index is 0.212. The molecule has 0 spiro atoms. The highest BCUT2D eigenvalue weighted by molar-refractivity contribution is 6.42. The van der Waals surface area contributed by atoms with Gasteiger partial charge >= 0.3 is 0 Å². The summed E-state index contributed by atoms with van der Waals surface area (Å²) in [5, 5.41) is 4.92. The molecule has 1 N–H and O–H groups in total. The van der Waals surface area contributed by atoms with E-state index in [1.807, 2.05) is 12.1 Å². The van der Waals surface area contributed by atoms with E-state index < -0.39 is 0 Å². The molecule has 0 amide bonds. The van der Waals surface area contributed by atoms with Crippen LogP contribution in [0.25, 0.3) is 0 Å². The van der Waals surface area contributed by atoms with Crippen molar-refractivity contribution in [1.82, 2.24) is 10.2 Å². The van der Waals surface area contributed by atoms with Crippen LogP contribution in [0.15, 0.2) is 18.2 Å². The van der Waals surface area contributed by atoms with Gasteiger partial charge in [-0.2, -0.15) is 0 Å². The van der Waals surface area contributed by atoms with Gasteiger partial charge in [-0.05, 0) is 25.0 Å². The molecule has 1 fully saturated rings. The van der Waals surface area contributed by atoms with E-state index in [0.29, 0.717) is 10.0 Å². The summed E-state index contributed by atoms with van der Waals surface area (Å²) in [5.74, 6) is 0. The Morgan fingerprint density at radius 1 is 1.39 bits per heavy atom. The topological polar surface area (TPSA) is 15.3 Å². The van der Waals surface area contributed by atoms with E-state index in [4.69, 9.17) is 23.2 Å². The molecule has 0 radical (unpaired) electrons. The van der Waals surface area contributed by atoms with Crippen LogP contribution in [0.1, 0.15) is 25.8 Å². The Bertz CT molecular complexity index is 422. The minimum atomic E-state index is 0.212. The van der Waals surface area contributed by atoms with E-state index >= 15 is 0 Å². The van der Waals surface area contributed by atoms with Crippen molar-refractivity contribution in [1.29, 1.82) is 0 Å². The third kappa shape index (κ3) is 3.18. The number of hydrogen-bond donors (Lipinski definition) is 1. The van der Waals surface area contributed by atoms with Crippen LogP contribution < -0.4 is 5.32 Å². The van der Waals surface area contributed by atoms with Gasteiger partial charge in [0.2, 0.25) is 0 Å². The lowest BCUT2D eigenvalue weighted by molar-refractivity contribution is 0.134. The highest BCUT2D eigenvalue weighted by Crippen LogP contribution is 2.27. The van der Waals surface area contributed by atoms with Crippen molar-refractivity contribution in [2.75, 3.05) is 19.6 Å². The molecule has 0 aromatic heterocycles. The summed E-state index contributed by atoms with van der Waals surface area (Å²) in [5.41, 5.74) is 1.33. The van der Waals surface area contributed by atoms with Crippen molar-refractivity contribution in [3.05, 3.63) is 33.8 Å². The summed E-state index contributed by atoms with van der Waals surface area (Å²) >= 11 is 12.3. The molecule has 1 heterocycles. The smallest absolute Gasteiger partial charge is 0.0637 e. The third-order valence-corrected chi connectivity index (χ3v) is 4.62. The minimum Gasteiger partial charge on any atom is -0.309 e. The quantitative estimate of drug-likeness (QED) is 0.914. The largest absolute Gasteiger partial charge is 0.309 e. The van der Waals surface area contributed by atoms with Crippen molar-refractivity contribution >= 4 is 23.2 Å². The molecule has 1 aliphatic heterocycles. The van der Waals surface area contributed by atoms with Gasteiger partial charge in [-0.15, -0.1) is 0 Å². The average molecular weight is 287 g/mol. The second kappa shape index (κ2) is 5.79. The average Bonchev–Trinajstić information content (AvgIpc) is 2.35. The summed E-state index contributed by atoms with van der Waals surface area (Å²) in [4.78, 5) is 2.44. The first-order valence-corrected chi connectivity index (χ1v) is 7.20. The number of rotatable bonds is 3. The van der Waals surface area contributed by atoms with E-state index in [1.54, 1.807) is 0 Å². The maximum atomic E-state index is 6.24. The van der Waals surface area contributed by atoms with E-state index in [0.717, 1.165) is 38.2 Å². The van der Waals surface area contributed by atoms with Crippen LogP contribution in [-0.4, -0.2) is 30.1 Å². The first-order chi connectivity index (χ1) is 8.54. The van der Waals surface area contributed by atoms with Crippen LogP contribution in [0.2, 0.25) is 10.0 Å². The SMILES string of the molecule is CCC1(C)CN(Cc2cccc(Cl)c2Cl)CCN1. The zero-order chi connectivity index (χ0) is 13.2. The zero-order valence-corrected chi connectivity index (χ0v) is 12.5. The van der Waals surface area contributed by atoms with E-state index in [1.165, 1.54) is 0 Å². The Kier molecular flexibility index (Phi) is 4.54. The van der Waals surface area contributed by atoms with Crippen molar-refractivity contribution < 1.29 is 0 Å². The van der Waals surface area contributed by atoms with Crippen molar-refractivity contribution in [3.8, 4) is 0 Å². The molecule has 0 bridgehead atoms. The van der Waals surface area contributed by atoms with Gasteiger partial charge in [0.05, 0.1) is 10.0 Å². The van der Waals surface area contributed by atoms with E-state index in [-0.39, 0.29) is 5.54 Å². The Morgan fingerprint density at radius 3 is 2.89 bits per heavy atom. The monoisotopic (exact) mass is 286 g/mol. The van der Waals surface area contributed by atoms with Gasteiger partial charge in [-0.25, -0.2) is 0 Å². The summed E-state index contributed by atoms with van der Waals surface area (Å²) in [6, 6.07) is 5.85. The second-order valence-corrected chi connectivity index (χ2v) is 6.05. The molecule has 1 atom stereocenters. The molecule has 1 aliphatic rings. The molecule has 2 nitrogen and oxygen atoms in total. The van der Waals surface area contributed by atoms with Crippen molar-refractivity contribution in [3.63, 3.8) is 0 Å². The molecule has 4 heteroatoms. The highest BCUT2D eigenvalue weighted by Gasteiger charge is 2.28. The van der Waals surface area contributed by atoms with Gasteiger partial charge < -0.3 is 5.32 Å². The lowest BCUT2D eigenvalue weighted by atomic mass is 9.95. The Balaban J connectivity index is 2.07. The van der Waals surface area contributed by atoms with Gasteiger partial charge in [0, 0.05) is 31.7 Å². The number of benzene rings is 1. The number of halogens is 2. The summed E-state index contributed by atoms with van der Waals surface area (Å²) in [7, 11) is 0. The molecule has 1 aromatic rings. The second-order valence-electron chi connectivity index (χ2n) is 5.26. The lowest BCUT2D eigenvalue weighted by Crippen LogP contribution is -2.58. The molecule has 100 valence electrons. The first kappa shape index (κ1) is 14.1. The number of nitrogens with one attached hydrogen (secondary N) is 1. The molecule has 0 aliphatic carbocycles. The fraction of sp³-hybridized carbons (Fsp3) is 0.571. The van der Waals surface area contributed by atoms with Gasteiger partial charge in [-0.3, -0.25) is 4.90 Å². The van der Waals surface area contributed by atoms with Crippen LogP contribution in [0.3, 0.4) is 0 Å². The third-order valence-electron chi connectivity index (χ3n) is 3.76. The number of hydrogen-bond acceptors (Lipinski definition) is 2. The molecule has 2 rings (SSSR count). The normalized spacial score (nSPS) is 25.3. The van der Waals surface area contributed by atoms with Crippen LogP contribution in [0.5, 0.6) is 0 Å². The molecule has 1 aromatic carbocycles. The van der Waals surface area contributed by atoms with E-state index in [2.05, 4.69) is 30.1 Å². The molecular weight excluding hydrogens is 267 g/mol. The lowest BCUT2D eigenvalue weighted by Gasteiger charge is -2.41. The fourth-order valence-electron chi connectivity index (χ4n) is 2.43. The predicted octanol–water partition coefficient (Wildman–Crippen LogP) is 3.57. The van der Waals surface area contributed by atoms with Crippen LogP contribution in [-0.2, 0) is 6.54 Å². The van der Waals surface area contributed by atoms with Gasteiger partial charge in [0.15, 0.2) is 0 Å².